The van der Waals surface area contributed by atoms with Gasteiger partial charge in [0.1, 0.15) is 11.3 Å². The molecular formula is C19H25N5O2S. The molecule has 0 saturated carbocycles. The van der Waals surface area contributed by atoms with Crippen LogP contribution in [0.15, 0.2) is 22.0 Å². The summed E-state index contributed by atoms with van der Waals surface area (Å²) in [5, 5.41) is 4.34. The third-order valence-corrected chi connectivity index (χ3v) is 4.86. The quantitative estimate of drug-likeness (QED) is 0.625. The Balaban J connectivity index is 2.18. The fraction of sp³-hybridized carbons (Fsp3) is 0.474. The number of pyridine rings is 1. The molecule has 3 aromatic rings. The van der Waals surface area contributed by atoms with E-state index in [9.17, 15) is 4.79 Å². The summed E-state index contributed by atoms with van der Waals surface area (Å²) in [4.78, 5) is 25.7. The number of aryl methyl sites for hydroxylation is 2. The van der Waals surface area contributed by atoms with Gasteiger partial charge in [0, 0.05) is 18.1 Å². The van der Waals surface area contributed by atoms with Crippen LogP contribution < -0.4 is 10.3 Å². The largest absolute Gasteiger partial charge is 0.477 e. The third kappa shape index (κ3) is 4.00. The first-order valence-electron chi connectivity index (χ1n) is 9.07. The van der Waals surface area contributed by atoms with Crippen molar-refractivity contribution >= 4 is 22.8 Å². The Bertz CT molecular complexity index is 1010. The van der Waals surface area contributed by atoms with Crippen molar-refractivity contribution in [2.24, 2.45) is 13.0 Å². The molecule has 0 saturated heterocycles. The first-order valence-corrected chi connectivity index (χ1v) is 10.3. The summed E-state index contributed by atoms with van der Waals surface area (Å²) in [5.41, 5.74) is 2.40. The number of aromatic amines is 1. The monoisotopic (exact) mass is 387 g/mol. The Kier molecular flexibility index (Phi) is 5.84. The van der Waals surface area contributed by atoms with Gasteiger partial charge in [-0.25, -0.2) is 9.97 Å². The summed E-state index contributed by atoms with van der Waals surface area (Å²) in [6.07, 6.45) is 5.51. The molecule has 0 radical (unpaired) electrons. The number of ether oxygens (including phenoxy) is 1. The molecule has 0 amide bonds. The van der Waals surface area contributed by atoms with Crippen LogP contribution >= 0.6 is 11.8 Å². The first-order chi connectivity index (χ1) is 12.9. The first kappa shape index (κ1) is 19.4. The molecule has 1 N–H and O–H groups in total. The van der Waals surface area contributed by atoms with Crippen LogP contribution in [0.25, 0.3) is 22.4 Å². The average Bonchev–Trinajstić information content (AvgIpc) is 2.96. The normalized spacial score (nSPS) is 11.5. The number of aromatic nitrogens is 5. The number of hydrogen-bond donors (Lipinski definition) is 1. The maximum atomic E-state index is 12.6. The molecule has 0 bridgehead atoms. The second-order valence-corrected chi connectivity index (χ2v) is 7.74. The molecule has 0 spiro atoms. The van der Waals surface area contributed by atoms with Crippen LogP contribution in [0.5, 0.6) is 5.88 Å². The summed E-state index contributed by atoms with van der Waals surface area (Å²) in [7, 11) is 1.85. The number of nitrogens with zero attached hydrogens (tertiary/aromatic N) is 4. The van der Waals surface area contributed by atoms with Crippen molar-refractivity contribution in [1.29, 1.82) is 0 Å². The van der Waals surface area contributed by atoms with E-state index in [1.54, 1.807) is 22.6 Å². The maximum Gasteiger partial charge on any atom is 0.279 e. The molecule has 0 atom stereocenters. The molecule has 0 aliphatic heterocycles. The van der Waals surface area contributed by atoms with Gasteiger partial charge in [-0.15, -0.1) is 11.8 Å². The third-order valence-electron chi connectivity index (χ3n) is 4.17. The number of fused-ring (bicyclic) bond motifs is 1. The second-order valence-electron chi connectivity index (χ2n) is 6.86. The Labute approximate surface area is 162 Å². The molecule has 3 heterocycles. The van der Waals surface area contributed by atoms with E-state index in [-0.39, 0.29) is 5.56 Å². The van der Waals surface area contributed by atoms with E-state index in [0.29, 0.717) is 40.8 Å². The van der Waals surface area contributed by atoms with Gasteiger partial charge in [0.05, 0.1) is 17.9 Å². The molecule has 0 aliphatic rings. The summed E-state index contributed by atoms with van der Waals surface area (Å²) in [6, 6.07) is 1.95. The summed E-state index contributed by atoms with van der Waals surface area (Å²) in [6.45, 7) is 6.79. The lowest BCUT2D eigenvalue weighted by atomic mass is 10.2. The van der Waals surface area contributed by atoms with Gasteiger partial charge in [0.2, 0.25) is 5.88 Å². The lowest BCUT2D eigenvalue weighted by Gasteiger charge is -2.12. The van der Waals surface area contributed by atoms with Crippen molar-refractivity contribution in [3.8, 4) is 17.3 Å². The van der Waals surface area contributed by atoms with Crippen molar-refractivity contribution in [3.63, 3.8) is 0 Å². The highest BCUT2D eigenvalue weighted by Crippen LogP contribution is 2.30. The molecule has 0 unspecified atom stereocenters. The Morgan fingerprint density at radius 2 is 2.11 bits per heavy atom. The number of thioether (sulfide) groups is 1. The number of hydrogen-bond acceptors (Lipinski definition) is 6. The summed E-state index contributed by atoms with van der Waals surface area (Å²) < 4.78 is 7.63. The van der Waals surface area contributed by atoms with Gasteiger partial charge in [-0.1, -0.05) is 27.2 Å². The van der Waals surface area contributed by atoms with Gasteiger partial charge in [-0.05, 0) is 24.7 Å². The molecule has 0 aliphatic carbocycles. The average molecular weight is 388 g/mol. The molecular weight excluding hydrogens is 362 g/mol. The Morgan fingerprint density at radius 3 is 2.78 bits per heavy atom. The lowest BCUT2D eigenvalue weighted by molar-refractivity contribution is 0.262. The van der Waals surface area contributed by atoms with E-state index in [0.717, 1.165) is 23.4 Å². The minimum Gasteiger partial charge on any atom is -0.477 e. The van der Waals surface area contributed by atoms with Crippen LogP contribution in [-0.4, -0.2) is 37.6 Å². The lowest BCUT2D eigenvalue weighted by Crippen LogP contribution is -2.12. The molecule has 8 heteroatoms. The highest BCUT2D eigenvalue weighted by Gasteiger charge is 2.18. The fourth-order valence-electron chi connectivity index (χ4n) is 2.84. The Hall–Kier alpha value is -2.35. The van der Waals surface area contributed by atoms with Crippen molar-refractivity contribution < 1.29 is 4.74 Å². The van der Waals surface area contributed by atoms with E-state index in [2.05, 4.69) is 35.8 Å². The molecule has 0 aromatic carbocycles. The number of H-pyrrole nitrogens is 1. The van der Waals surface area contributed by atoms with Gasteiger partial charge >= 0.3 is 0 Å². The predicted octanol–water partition coefficient (Wildman–Crippen LogP) is 3.43. The van der Waals surface area contributed by atoms with Crippen LogP contribution in [0.3, 0.4) is 0 Å². The van der Waals surface area contributed by atoms with E-state index in [1.807, 2.05) is 19.4 Å². The van der Waals surface area contributed by atoms with Gasteiger partial charge < -0.3 is 9.72 Å². The standard InChI is InChI=1S/C19H25N5O2S/c1-6-7-14-15-16(23-24(14)4)18(25)22-17(21-15)13-8-12(27-5)9-20-19(13)26-10-11(2)3/h8-9,11H,6-7,10H2,1-5H3,(H,21,22,25). The smallest absolute Gasteiger partial charge is 0.279 e. The van der Waals surface area contributed by atoms with E-state index in [4.69, 9.17) is 9.72 Å². The van der Waals surface area contributed by atoms with Crippen LogP contribution in [-0.2, 0) is 13.5 Å². The van der Waals surface area contributed by atoms with Gasteiger partial charge in [-0.3, -0.25) is 9.48 Å². The van der Waals surface area contributed by atoms with Gasteiger partial charge in [0.15, 0.2) is 5.52 Å². The highest BCUT2D eigenvalue weighted by molar-refractivity contribution is 7.98. The minimum atomic E-state index is -0.252. The molecule has 3 aromatic heterocycles. The predicted molar refractivity (Wildman–Crippen MR) is 108 cm³/mol. The maximum absolute atomic E-state index is 12.6. The molecule has 7 nitrogen and oxygen atoms in total. The molecule has 3 rings (SSSR count). The molecule has 27 heavy (non-hydrogen) atoms. The molecule has 144 valence electrons. The Morgan fingerprint density at radius 1 is 1.33 bits per heavy atom. The topological polar surface area (TPSA) is 85.7 Å². The van der Waals surface area contributed by atoms with Crippen LogP contribution in [0.2, 0.25) is 0 Å². The minimum absolute atomic E-state index is 0.252. The molecule has 0 fully saturated rings. The zero-order valence-corrected chi connectivity index (χ0v) is 17.2. The van der Waals surface area contributed by atoms with Crippen molar-refractivity contribution in [1.82, 2.24) is 24.7 Å². The summed E-state index contributed by atoms with van der Waals surface area (Å²) >= 11 is 1.58. The highest BCUT2D eigenvalue weighted by atomic mass is 32.2. The summed E-state index contributed by atoms with van der Waals surface area (Å²) in [5.74, 6) is 1.30. The van der Waals surface area contributed by atoms with Gasteiger partial charge in [0.25, 0.3) is 5.56 Å². The van der Waals surface area contributed by atoms with E-state index >= 15 is 0 Å². The van der Waals surface area contributed by atoms with Gasteiger partial charge in [-0.2, -0.15) is 5.10 Å². The fourth-order valence-corrected chi connectivity index (χ4v) is 3.24. The second kappa shape index (κ2) is 8.12. The SMILES string of the molecule is CCCc1c2nc(-c3cc(SC)cnc3OCC(C)C)[nH]c(=O)c2nn1C. The van der Waals surface area contributed by atoms with Crippen molar-refractivity contribution in [2.75, 3.05) is 12.9 Å². The zero-order chi connectivity index (χ0) is 19.6. The van der Waals surface area contributed by atoms with E-state index < -0.39 is 0 Å². The van der Waals surface area contributed by atoms with E-state index in [1.165, 1.54) is 0 Å². The van der Waals surface area contributed by atoms with Crippen molar-refractivity contribution in [3.05, 3.63) is 28.3 Å². The van der Waals surface area contributed by atoms with Crippen molar-refractivity contribution in [2.45, 2.75) is 38.5 Å². The van der Waals surface area contributed by atoms with Crippen LogP contribution in [0.4, 0.5) is 0 Å². The zero-order valence-electron chi connectivity index (χ0n) is 16.4. The number of rotatable bonds is 7. The van der Waals surface area contributed by atoms with Crippen LogP contribution in [0.1, 0.15) is 32.9 Å². The van der Waals surface area contributed by atoms with Crippen LogP contribution in [0, 0.1) is 5.92 Å². The number of nitrogens with one attached hydrogen (secondary N) is 1.